The molecule has 2 aromatic heterocycles. The Kier molecular flexibility index (Phi) is 4.73. The quantitative estimate of drug-likeness (QED) is 0.364. The Bertz CT molecular complexity index is 999. The Hall–Kier alpha value is -2.62. The maximum atomic E-state index is 14.5. The van der Waals surface area contributed by atoms with Crippen LogP contribution in [-0.4, -0.2) is 51.7 Å². The van der Waals surface area contributed by atoms with Crippen LogP contribution in [0.25, 0.3) is 11.2 Å². The first kappa shape index (κ1) is 17.8. The average Bonchev–Trinajstić information content (AvgIpc) is 3.23. The van der Waals surface area contributed by atoms with Crippen molar-refractivity contribution < 1.29 is 14.1 Å². The summed E-state index contributed by atoms with van der Waals surface area (Å²) in [6, 6.07) is 6.54. The SMILES string of the molecule is Nc1ncc2ncn([C@H]3C[C@H](F)[C@@H](C[Se]c4ccccc4[N+](=O)[O-])O3)c2n1. The summed E-state index contributed by atoms with van der Waals surface area (Å²) in [5, 5.41) is 11.5. The number of rotatable bonds is 5. The van der Waals surface area contributed by atoms with Crippen molar-refractivity contribution in [1.82, 2.24) is 19.5 Å². The standard InChI is InChI=1S/C16H15FN6O3Se/c17-9-5-14(22-8-20-10-6-19-16(18)21-15(10)22)26-12(9)7-27-13-4-2-1-3-11(13)23(24)25/h1-4,6,8-9,12,14H,5,7H2,(H2,18,19,21)/t9-,12+,14+/m0/s1. The van der Waals surface area contributed by atoms with Crippen molar-refractivity contribution in [3.8, 4) is 0 Å². The van der Waals surface area contributed by atoms with Gasteiger partial charge in [-0.05, 0) is 0 Å². The van der Waals surface area contributed by atoms with Crippen LogP contribution in [0.2, 0.25) is 5.32 Å². The number of halogens is 1. The van der Waals surface area contributed by atoms with Gasteiger partial charge in [0.1, 0.15) is 0 Å². The zero-order chi connectivity index (χ0) is 19.0. The number of anilines is 1. The number of hydrogen-bond acceptors (Lipinski definition) is 7. The number of benzene rings is 1. The Labute approximate surface area is 159 Å². The van der Waals surface area contributed by atoms with Crippen LogP contribution >= 0.6 is 0 Å². The van der Waals surface area contributed by atoms with E-state index in [-0.39, 0.29) is 33.0 Å². The van der Waals surface area contributed by atoms with Crippen LogP contribution in [0.5, 0.6) is 0 Å². The summed E-state index contributed by atoms with van der Waals surface area (Å²) in [4.78, 5) is 22.9. The van der Waals surface area contributed by atoms with Crippen LogP contribution in [0.1, 0.15) is 12.6 Å². The van der Waals surface area contributed by atoms with Crippen LogP contribution in [0.4, 0.5) is 16.0 Å². The monoisotopic (exact) mass is 438 g/mol. The van der Waals surface area contributed by atoms with Gasteiger partial charge in [-0.1, -0.05) is 0 Å². The van der Waals surface area contributed by atoms with Gasteiger partial charge in [-0.3, -0.25) is 0 Å². The van der Waals surface area contributed by atoms with Crippen molar-refractivity contribution in [2.24, 2.45) is 0 Å². The van der Waals surface area contributed by atoms with E-state index in [4.69, 9.17) is 10.5 Å². The zero-order valence-electron chi connectivity index (χ0n) is 13.9. The maximum absolute atomic E-state index is 14.5. The van der Waals surface area contributed by atoms with Crippen LogP contribution in [0.3, 0.4) is 0 Å². The van der Waals surface area contributed by atoms with E-state index >= 15 is 0 Å². The second-order valence-electron chi connectivity index (χ2n) is 6.01. The fourth-order valence-electron chi connectivity index (χ4n) is 2.96. The Balaban J connectivity index is 1.49. The molecule has 3 heterocycles. The minimum atomic E-state index is -1.17. The first-order chi connectivity index (χ1) is 13.0. The fraction of sp³-hybridized carbons (Fsp3) is 0.312. The number of imidazole rings is 1. The normalized spacial score (nSPS) is 22.3. The number of fused-ring (bicyclic) bond motifs is 1. The molecule has 27 heavy (non-hydrogen) atoms. The van der Waals surface area contributed by atoms with Gasteiger partial charge in [0.2, 0.25) is 0 Å². The summed E-state index contributed by atoms with van der Waals surface area (Å²) in [5.74, 6) is 0.107. The number of hydrogen-bond donors (Lipinski definition) is 1. The average molecular weight is 437 g/mol. The molecule has 3 atom stereocenters. The number of alkyl halides is 1. The van der Waals surface area contributed by atoms with E-state index in [9.17, 15) is 14.5 Å². The van der Waals surface area contributed by atoms with Gasteiger partial charge in [-0.25, -0.2) is 0 Å². The third-order valence-electron chi connectivity index (χ3n) is 4.27. The molecular formula is C16H15FN6O3Se. The molecule has 140 valence electrons. The van der Waals surface area contributed by atoms with E-state index in [1.165, 1.54) is 18.6 Å². The minimum absolute atomic E-state index is 0.0650. The Morgan fingerprint density at radius 1 is 1.41 bits per heavy atom. The van der Waals surface area contributed by atoms with Crippen molar-refractivity contribution in [3.63, 3.8) is 0 Å². The van der Waals surface area contributed by atoms with E-state index in [0.717, 1.165) is 0 Å². The molecule has 1 saturated heterocycles. The number of nitrogens with two attached hydrogens (primary N) is 1. The summed E-state index contributed by atoms with van der Waals surface area (Å²) in [5.41, 5.74) is 6.73. The van der Waals surface area contributed by atoms with Crippen molar-refractivity contribution >= 4 is 42.2 Å². The summed E-state index contributed by atoms with van der Waals surface area (Å²) in [7, 11) is 0. The number of nitro benzene ring substituents is 1. The predicted molar refractivity (Wildman–Crippen MR) is 96.4 cm³/mol. The van der Waals surface area contributed by atoms with E-state index in [2.05, 4.69) is 15.0 Å². The molecule has 3 aromatic rings. The van der Waals surface area contributed by atoms with Gasteiger partial charge in [0.25, 0.3) is 0 Å². The van der Waals surface area contributed by atoms with Crippen LogP contribution in [-0.2, 0) is 4.74 Å². The molecule has 2 N–H and O–H groups in total. The first-order valence-electron chi connectivity index (χ1n) is 8.13. The van der Waals surface area contributed by atoms with Crippen molar-refractivity contribution in [1.29, 1.82) is 0 Å². The Morgan fingerprint density at radius 2 is 2.22 bits per heavy atom. The van der Waals surface area contributed by atoms with Crippen LogP contribution in [0, 0.1) is 10.1 Å². The van der Waals surface area contributed by atoms with E-state index < -0.39 is 23.4 Å². The second kappa shape index (κ2) is 7.18. The number of para-hydroxylation sites is 1. The zero-order valence-corrected chi connectivity index (χ0v) is 15.6. The van der Waals surface area contributed by atoms with Crippen LogP contribution in [0.15, 0.2) is 36.8 Å². The molecule has 1 aromatic carbocycles. The summed E-state index contributed by atoms with van der Waals surface area (Å²) in [6.45, 7) is 0. The van der Waals surface area contributed by atoms with Gasteiger partial charge in [0, 0.05) is 0 Å². The van der Waals surface area contributed by atoms with Crippen molar-refractivity contribution in [2.45, 2.75) is 30.2 Å². The van der Waals surface area contributed by atoms with Gasteiger partial charge in [0.05, 0.1) is 0 Å². The number of nitrogens with zero attached hydrogens (tertiary/aromatic N) is 5. The summed E-state index contributed by atoms with van der Waals surface area (Å²) in [6.07, 6.45) is 0.845. The number of nitro groups is 1. The summed E-state index contributed by atoms with van der Waals surface area (Å²) >= 11 is -0.281. The van der Waals surface area contributed by atoms with Crippen LogP contribution < -0.4 is 10.2 Å². The van der Waals surface area contributed by atoms with Crippen molar-refractivity contribution in [3.05, 3.63) is 46.9 Å². The third-order valence-corrected chi connectivity index (χ3v) is 6.69. The molecular weight excluding hydrogens is 422 g/mol. The number of aromatic nitrogens is 4. The van der Waals surface area contributed by atoms with Gasteiger partial charge in [0.15, 0.2) is 0 Å². The molecule has 0 aliphatic carbocycles. The molecule has 0 spiro atoms. The topological polar surface area (TPSA) is 122 Å². The molecule has 1 fully saturated rings. The molecule has 0 bridgehead atoms. The molecule has 0 amide bonds. The molecule has 0 saturated carbocycles. The van der Waals surface area contributed by atoms with Gasteiger partial charge < -0.3 is 0 Å². The molecule has 9 nitrogen and oxygen atoms in total. The molecule has 0 radical (unpaired) electrons. The van der Waals surface area contributed by atoms with Gasteiger partial charge in [-0.15, -0.1) is 0 Å². The molecule has 1 aliphatic heterocycles. The molecule has 1 aliphatic rings. The number of ether oxygens (including phenoxy) is 1. The molecule has 0 unspecified atom stereocenters. The summed E-state index contributed by atoms with van der Waals surface area (Å²) < 4.78 is 22.7. The van der Waals surface area contributed by atoms with E-state index in [1.807, 2.05) is 0 Å². The third kappa shape index (κ3) is 3.48. The van der Waals surface area contributed by atoms with Crippen molar-refractivity contribution in [2.75, 3.05) is 5.73 Å². The Morgan fingerprint density at radius 3 is 3.04 bits per heavy atom. The predicted octanol–water partition coefficient (Wildman–Crippen LogP) is 1.39. The first-order valence-corrected chi connectivity index (χ1v) is 10.2. The fourth-order valence-corrected chi connectivity index (χ4v) is 5.26. The second-order valence-corrected chi connectivity index (χ2v) is 8.23. The van der Waals surface area contributed by atoms with E-state index in [1.54, 1.807) is 22.8 Å². The van der Waals surface area contributed by atoms with E-state index in [0.29, 0.717) is 20.9 Å². The molecule has 4 rings (SSSR count). The van der Waals surface area contributed by atoms with Gasteiger partial charge in [-0.2, -0.15) is 0 Å². The van der Waals surface area contributed by atoms with Gasteiger partial charge >= 0.3 is 159 Å². The molecule has 11 heteroatoms. The number of nitrogen functional groups attached to an aromatic ring is 1.